The Labute approximate surface area is 270 Å². The molecule has 0 radical (unpaired) electrons. The fourth-order valence-electron chi connectivity index (χ4n) is 5.11. The zero-order chi connectivity index (χ0) is 32.5. The highest BCUT2D eigenvalue weighted by Crippen LogP contribution is 2.27. The lowest BCUT2D eigenvalue weighted by Crippen LogP contribution is -2.43. The lowest BCUT2D eigenvalue weighted by atomic mass is 10.0. The van der Waals surface area contributed by atoms with E-state index in [0.717, 1.165) is 35.3 Å². The molecule has 4 aromatic carbocycles. The maximum Gasteiger partial charge on any atom is 0.247 e. The van der Waals surface area contributed by atoms with Gasteiger partial charge < -0.3 is 19.7 Å². The first-order valence-corrected chi connectivity index (χ1v) is 16.7. The van der Waals surface area contributed by atoms with E-state index < -0.39 is 16.1 Å². The van der Waals surface area contributed by atoms with Crippen LogP contribution in [0.1, 0.15) is 47.6 Å². The molecule has 4 aromatic rings. The summed E-state index contributed by atoms with van der Waals surface area (Å²) >= 11 is 0. The number of aryl methyl sites for hydroxylation is 1. The number of nitrogens with zero attached hydrogens (tertiary/aromatic N) is 1. The van der Waals surface area contributed by atoms with Gasteiger partial charge in [-0.3, -0.25) is 9.59 Å². The topological polar surface area (TPSA) is 114 Å². The molecule has 1 unspecified atom stereocenters. The van der Waals surface area contributed by atoms with Crippen LogP contribution in [0.15, 0.2) is 108 Å². The number of benzene rings is 4. The summed E-state index contributed by atoms with van der Waals surface area (Å²) in [7, 11) is -0.371. The highest BCUT2D eigenvalue weighted by atomic mass is 32.2. The van der Waals surface area contributed by atoms with Gasteiger partial charge in [-0.15, -0.1) is 0 Å². The van der Waals surface area contributed by atoms with Crippen molar-refractivity contribution >= 4 is 21.8 Å². The molecule has 1 atom stereocenters. The van der Waals surface area contributed by atoms with Crippen LogP contribution >= 0.6 is 0 Å². The van der Waals surface area contributed by atoms with E-state index in [9.17, 15) is 18.0 Å². The predicted molar refractivity (Wildman–Crippen MR) is 176 cm³/mol. The first kappa shape index (κ1) is 32.7. The molecule has 46 heavy (non-hydrogen) atoms. The van der Waals surface area contributed by atoms with Crippen LogP contribution in [-0.4, -0.2) is 45.4 Å². The molecule has 1 aliphatic rings. The second-order valence-corrected chi connectivity index (χ2v) is 13.0. The van der Waals surface area contributed by atoms with Gasteiger partial charge in [-0.1, -0.05) is 66.7 Å². The summed E-state index contributed by atoms with van der Waals surface area (Å²) in [6, 6.07) is 29.8. The number of nitrogens with one attached hydrogen (secondary N) is 2. The normalized spacial score (nSPS) is 13.4. The zero-order valence-electron chi connectivity index (χ0n) is 26.0. The molecule has 240 valence electrons. The summed E-state index contributed by atoms with van der Waals surface area (Å²) in [5, 5.41) is 3.03. The second-order valence-electron chi connectivity index (χ2n) is 11.3. The minimum absolute atomic E-state index is 0.0185. The molecule has 1 saturated carbocycles. The van der Waals surface area contributed by atoms with Gasteiger partial charge in [-0.25, -0.2) is 13.1 Å². The van der Waals surface area contributed by atoms with Crippen molar-refractivity contribution in [1.82, 2.24) is 14.9 Å². The van der Waals surface area contributed by atoms with Crippen LogP contribution in [0.25, 0.3) is 0 Å². The van der Waals surface area contributed by atoms with E-state index in [1.54, 1.807) is 43.4 Å². The standard InChI is InChI=1S/C36H39N3O6S/c1-44-31-17-8-27(9-18-31)24-37-36(41)35(29-6-4-3-5-7-29)39(25-28-10-19-32(45-2)20-11-28)34(40)23-14-26-12-21-33(22-13-26)46(42,43)38-30-15-16-30/h3-13,17-22,30,35,38H,14-16,23-25H2,1-2H3,(H,37,41). The van der Waals surface area contributed by atoms with Gasteiger partial charge in [-0.2, -0.15) is 0 Å². The molecule has 2 N–H and O–H groups in total. The molecule has 0 spiro atoms. The summed E-state index contributed by atoms with van der Waals surface area (Å²) < 4.78 is 38.4. The molecule has 0 heterocycles. The van der Waals surface area contributed by atoms with E-state index >= 15 is 0 Å². The number of ether oxygens (including phenoxy) is 2. The van der Waals surface area contributed by atoms with Gasteiger partial charge in [0.15, 0.2) is 0 Å². The molecule has 0 aliphatic heterocycles. The maximum atomic E-state index is 14.1. The molecule has 0 aromatic heterocycles. The third-order valence-electron chi connectivity index (χ3n) is 7.89. The number of hydrogen-bond donors (Lipinski definition) is 2. The Morgan fingerprint density at radius 3 is 1.91 bits per heavy atom. The molecular weight excluding hydrogens is 602 g/mol. The Morgan fingerprint density at radius 1 is 0.783 bits per heavy atom. The molecule has 10 heteroatoms. The Morgan fingerprint density at radius 2 is 1.35 bits per heavy atom. The Hall–Kier alpha value is -4.67. The van der Waals surface area contributed by atoms with Crippen molar-refractivity contribution in [3.8, 4) is 11.5 Å². The van der Waals surface area contributed by atoms with Crippen LogP contribution in [-0.2, 0) is 39.1 Å². The summed E-state index contributed by atoms with van der Waals surface area (Å²) in [5.41, 5.74) is 3.25. The van der Waals surface area contributed by atoms with Crippen LogP contribution in [0.2, 0.25) is 0 Å². The summed E-state index contributed by atoms with van der Waals surface area (Å²) in [4.78, 5) is 29.8. The summed E-state index contributed by atoms with van der Waals surface area (Å²) in [6.07, 6.45) is 2.22. The van der Waals surface area contributed by atoms with Gasteiger partial charge in [0.05, 0.1) is 19.1 Å². The van der Waals surface area contributed by atoms with Crippen molar-refractivity contribution in [3.63, 3.8) is 0 Å². The highest BCUT2D eigenvalue weighted by molar-refractivity contribution is 7.89. The fourth-order valence-corrected chi connectivity index (χ4v) is 6.41. The largest absolute Gasteiger partial charge is 0.497 e. The minimum atomic E-state index is -3.56. The number of carbonyl (C=O) groups excluding carboxylic acids is 2. The average molecular weight is 642 g/mol. The van der Waals surface area contributed by atoms with Crippen LogP contribution in [0.3, 0.4) is 0 Å². The molecular formula is C36H39N3O6S. The van der Waals surface area contributed by atoms with Crippen molar-refractivity contribution in [2.24, 2.45) is 0 Å². The summed E-state index contributed by atoms with van der Waals surface area (Å²) in [5.74, 6) is 0.897. The quantitative estimate of drug-likeness (QED) is 0.185. The number of hydrogen-bond acceptors (Lipinski definition) is 6. The number of methoxy groups -OCH3 is 2. The van der Waals surface area contributed by atoms with Gasteiger partial charge in [0.1, 0.15) is 17.5 Å². The van der Waals surface area contributed by atoms with E-state index in [-0.39, 0.29) is 42.3 Å². The van der Waals surface area contributed by atoms with Crippen molar-refractivity contribution in [2.75, 3.05) is 14.2 Å². The number of carbonyl (C=O) groups is 2. The first-order chi connectivity index (χ1) is 22.3. The lowest BCUT2D eigenvalue weighted by molar-refractivity contribution is -0.141. The zero-order valence-corrected chi connectivity index (χ0v) is 26.8. The van der Waals surface area contributed by atoms with E-state index in [2.05, 4.69) is 10.0 Å². The van der Waals surface area contributed by atoms with E-state index in [1.165, 1.54) is 0 Å². The third-order valence-corrected chi connectivity index (χ3v) is 9.43. The maximum absolute atomic E-state index is 14.1. The predicted octanol–water partition coefficient (Wildman–Crippen LogP) is 5.16. The SMILES string of the molecule is COc1ccc(CNC(=O)C(c2ccccc2)N(Cc2ccc(OC)cc2)C(=O)CCc2ccc(S(=O)(=O)NC3CC3)cc2)cc1. The number of sulfonamides is 1. The monoisotopic (exact) mass is 641 g/mol. The smallest absolute Gasteiger partial charge is 0.247 e. The van der Waals surface area contributed by atoms with Gasteiger partial charge >= 0.3 is 0 Å². The molecule has 0 bridgehead atoms. The van der Waals surface area contributed by atoms with E-state index in [4.69, 9.17) is 9.47 Å². The fraction of sp³-hybridized carbons (Fsp3) is 0.278. The Kier molecular flexibility index (Phi) is 10.7. The van der Waals surface area contributed by atoms with Crippen LogP contribution in [0, 0.1) is 0 Å². The van der Waals surface area contributed by atoms with Gasteiger partial charge in [-0.05, 0) is 77.9 Å². The van der Waals surface area contributed by atoms with Gasteiger partial charge in [0.25, 0.3) is 0 Å². The van der Waals surface area contributed by atoms with Gasteiger partial charge in [0.2, 0.25) is 21.8 Å². The van der Waals surface area contributed by atoms with Crippen molar-refractivity contribution in [3.05, 3.63) is 125 Å². The molecule has 5 rings (SSSR count). The molecule has 0 saturated heterocycles. The van der Waals surface area contributed by atoms with Crippen LogP contribution < -0.4 is 19.5 Å². The van der Waals surface area contributed by atoms with Crippen LogP contribution in [0.5, 0.6) is 11.5 Å². The van der Waals surface area contributed by atoms with Gasteiger partial charge in [0, 0.05) is 25.6 Å². The minimum Gasteiger partial charge on any atom is -0.497 e. The van der Waals surface area contributed by atoms with Crippen molar-refractivity contribution in [2.45, 2.75) is 55.8 Å². The van der Waals surface area contributed by atoms with E-state index in [1.807, 2.05) is 78.9 Å². The van der Waals surface area contributed by atoms with Crippen molar-refractivity contribution in [1.29, 1.82) is 0 Å². The summed E-state index contributed by atoms with van der Waals surface area (Å²) in [6.45, 7) is 0.476. The first-order valence-electron chi connectivity index (χ1n) is 15.2. The Bertz CT molecular complexity index is 1710. The third kappa shape index (κ3) is 8.74. The van der Waals surface area contributed by atoms with Crippen LogP contribution in [0.4, 0.5) is 0 Å². The molecule has 1 aliphatic carbocycles. The van der Waals surface area contributed by atoms with E-state index in [0.29, 0.717) is 17.7 Å². The molecule has 9 nitrogen and oxygen atoms in total. The highest BCUT2D eigenvalue weighted by Gasteiger charge is 2.32. The average Bonchev–Trinajstić information content (AvgIpc) is 3.90. The molecule has 2 amide bonds. The lowest BCUT2D eigenvalue weighted by Gasteiger charge is -2.32. The number of amides is 2. The second kappa shape index (κ2) is 15.1. The Balaban J connectivity index is 1.37. The van der Waals surface area contributed by atoms with Crippen molar-refractivity contribution < 1.29 is 27.5 Å². The molecule has 1 fully saturated rings. The number of rotatable bonds is 15.